The highest BCUT2D eigenvalue weighted by Crippen LogP contribution is 2.32. The molecule has 2 aliphatic rings. The topological polar surface area (TPSA) is 80.8 Å². The standard InChI is InChI=1S/C12H19NO5S/c1-8(2)4-6-19(16,17)13-5-3-9-10(7-13)12(15)18-11(9)14/h8-10H,3-7H2,1-2H3. The van der Waals surface area contributed by atoms with E-state index in [1.165, 1.54) is 4.31 Å². The fourth-order valence-electron chi connectivity index (χ4n) is 2.46. The highest BCUT2D eigenvalue weighted by Gasteiger charge is 2.49. The lowest BCUT2D eigenvalue weighted by molar-refractivity contribution is -0.153. The predicted octanol–water partition coefficient (Wildman–Crippen LogP) is 0.384. The number of nitrogens with zero attached hydrogens (tertiary/aromatic N) is 1. The molecule has 0 bridgehead atoms. The Kier molecular flexibility index (Phi) is 3.96. The van der Waals surface area contributed by atoms with Crippen LogP contribution in [0.1, 0.15) is 26.7 Å². The number of sulfonamides is 1. The molecule has 2 atom stereocenters. The number of esters is 2. The highest BCUT2D eigenvalue weighted by atomic mass is 32.2. The quantitative estimate of drug-likeness (QED) is 0.552. The van der Waals surface area contributed by atoms with Gasteiger partial charge in [-0.15, -0.1) is 0 Å². The molecule has 0 aliphatic carbocycles. The molecule has 2 aliphatic heterocycles. The zero-order valence-electron chi connectivity index (χ0n) is 11.2. The van der Waals surface area contributed by atoms with Crippen molar-refractivity contribution < 1.29 is 22.7 Å². The van der Waals surface area contributed by atoms with E-state index in [1.807, 2.05) is 13.8 Å². The van der Waals surface area contributed by atoms with Crippen molar-refractivity contribution in [2.45, 2.75) is 26.7 Å². The van der Waals surface area contributed by atoms with Crippen LogP contribution in [0.2, 0.25) is 0 Å². The molecular formula is C12H19NO5S. The van der Waals surface area contributed by atoms with Gasteiger partial charge in [0, 0.05) is 13.1 Å². The van der Waals surface area contributed by atoms with Crippen LogP contribution < -0.4 is 0 Å². The first-order valence-electron chi connectivity index (χ1n) is 6.54. The van der Waals surface area contributed by atoms with Gasteiger partial charge in [-0.05, 0) is 18.8 Å². The number of carbonyl (C=O) groups is 2. The smallest absolute Gasteiger partial charge is 0.318 e. The zero-order valence-corrected chi connectivity index (χ0v) is 12.0. The average molecular weight is 289 g/mol. The first kappa shape index (κ1) is 14.5. The SMILES string of the molecule is CC(C)CCS(=O)(=O)N1CCC2C(=O)OC(=O)C2C1. The van der Waals surface area contributed by atoms with E-state index in [4.69, 9.17) is 0 Å². The summed E-state index contributed by atoms with van der Waals surface area (Å²) < 4.78 is 30.2. The van der Waals surface area contributed by atoms with Gasteiger partial charge in [-0.25, -0.2) is 12.7 Å². The summed E-state index contributed by atoms with van der Waals surface area (Å²) in [6, 6.07) is 0. The van der Waals surface area contributed by atoms with Crippen molar-refractivity contribution >= 4 is 22.0 Å². The van der Waals surface area contributed by atoms with E-state index in [0.29, 0.717) is 25.3 Å². The molecule has 0 spiro atoms. The van der Waals surface area contributed by atoms with Crippen molar-refractivity contribution in [1.29, 1.82) is 0 Å². The average Bonchev–Trinajstić information content (AvgIpc) is 2.62. The minimum atomic E-state index is -3.34. The van der Waals surface area contributed by atoms with Crippen LogP contribution in [0.25, 0.3) is 0 Å². The Morgan fingerprint density at radius 1 is 1.26 bits per heavy atom. The highest BCUT2D eigenvalue weighted by molar-refractivity contribution is 7.89. The summed E-state index contributed by atoms with van der Waals surface area (Å²) in [5, 5.41) is 0. The molecule has 0 saturated carbocycles. The van der Waals surface area contributed by atoms with Crippen LogP contribution in [-0.4, -0.2) is 43.5 Å². The van der Waals surface area contributed by atoms with Crippen LogP contribution in [-0.2, 0) is 24.3 Å². The van der Waals surface area contributed by atoms with Crippen molar-refractivity contribution in [3.8, 4) is 0 Å². The molecule has 2 fully saturated rings. The number of cyclic esters (lactones) is 2. The molecule has 6 nitrogen and oxygen atoms in total. The van der Waals surface area contributed by atoms with Crippen molar-refractivity contribution in [1.82, 2.24) is 4.31 Å². The van der Waals surface area contributed by atoms with Crippen molar-refractivity contribution in [3.63, 3.8) is 0 Å². The first-order chi connectivity index (χ1) is 8.81. The van der Waals surface area contributed by atoms with E-state index >= 15 is 0 Å². The molecule has 0 aromatic heterocycles. The number of fused-ring (bicyclic) bond motifs is 1. The Morgan fingerprint density at radius 3 is 2.53 bits per heavy atom. The normalized spacial score (nSPS) is 28.6. The van der Waals surface area contributed by atoms with Crippen LogP contribution >= 0.6 is 0 Å². The summed E-state index contributed by atoms with van der Waals surface area (Å²) in [5.41, 5.74) is 0. The molecule has 2 rings (SSSR count). The second kappa shape index (κ2) is 5.20. The minimum absolute atomic E-state index is 0.0790. The first-order valence-corrected chi connectivity index (χ1v) is 8.15. The zero-order chi connectivity index (χ0) is 14.2. The summed E-state index contributed by atoms with van der Waals surface area (Å²) in [5.74, 6) is -1.76. The summed E-state index contributed by atoms with van der Waals surface area (Å²) in [7, 11) is -3.34. The number of hydrogen-bond acceptors (Lipinski definition) is 5. The summed E-state index contributed by atoms with van der Waals surface area (Å²) in [4.78, 5) is 22.9. The van der Waals surface area contributed by atoms with Crippen LogP contribution in [0, 0.1) is 17.8 Å². The van der Waals surface area contributed by atoms with Gasteiger partial charge < -0.3 is 4.74 Å². The van der Waals surface area contributed by atoms with E-state index in [-0.39, 0.29) is 12.3 Å². The van der Waals surface area contributed by atoms with Gasteiger partial charge in [0.2, 0.25) is 10.0 Å². The van der Waals surface area contributed by atoms with Gasteiger partial charge in [0.05, 0.1) is 17.6 Å². The Morgan fingerprint density at radius 2 is 1.89 bits per heavy atom. The van der Waals surface area contributed by atoms with Gasteiger partial charge in [0.25, 0.3) is 0 Å². The van der Waals surface area contributed by atoms with Gasteiger partial charge in [-0.3, -0.25) is 9.59 Å². The van der Waals surface area contributed by atoms with Crippen LogP contribution in [0.5, 0.6) is 0 Å². The monoisotopic (exact) mass is 289 g/mol. The molecule has 2 saturated heterocycles. The van der Waals surface area contributed by atoms with Gasteiger partial charge in [0.1, 0.15) is 0 Å². The fraction of sp³-hybridized carbons (Fsp3) is 0.833. The van der Waals surface area contributed by atoms with Crippen molar-refractivity contribution in [2.75, 3.05) is 18.8 Å². The van der Waals surface area contributed by atoms with Gasteiger partial charge >= 0.3 is 11.9 Å². The van der Waals surface area contributed by atoms with Gasteiger partial charge in [0.15, 0.2) is 0 Å². The second-order valence-corrected chi connectivity index (χ2v) is 7.69. The molecule has 2 heterocycles. The Hall–Kier alpha value is -0.950. The number of piperidine rings is 1. The number of ether oxygens (including phenoxy) is 1. The molecule has 2 unspecified atom stereocenters. The third-order valence-corrected chi connectivity index (χ3v) is 5.60. The summed E-state index contributed by atoms with van der Waals surface area (Å²) >= 11 is 0. The Labute approximate surface area is 113 Å². The maximum Gasteiger partial charge on any atom is 0.318 e. The van der Waals surface area contributed by atoms with E-state index in [2.05, 4.69) is 4.74 Å². The Bertz CT molecular complexity index is 484. The molecule has 0 radical (unpaired) electrons. The molecule has 19 heavy (non-hydrogen) atoms. The molecule has 108 valence electrons. The van der Waals surface area contributed by atoms with Crippen LogP contribution in [0.4, 0.5) is 0 Å². The van der Waals surface area contributed by atoms with Crippen LogP contribution in [0.3, 0.4) is 0 Å². The van der Waals surface area contributed by atoms with Crippen molar-refractivity contribution in [3.05, 3.63) is 0 Å². The van der Waals surface area contributed by atoms with Crippen LogP contribution in [0.15, 0.2) is 0 Å². The predicted molar refractivity (Wildman–Crippen MR) is 67.5 cm³/mol. The number of hydrogen-bond donors (Lipinski definition) is 0. The maximum absolute atomic E-state index is 12.2. The number of rotatable bonds is 4. The third kappa shape index (κ3) is 2.97. The van der Waals surface area contributed by atoms with E-state index in [1.54, 1.807) is 0 Å². The molecule has 0 N–H and O–H groups in total. The van der Waals surface area contributed by atoms with E-state index in [9.17, 15) is 18.0 Å². The molecule has 7 heteroatoms. The minimum Gasteiger partial charge on any atom is -0.393 e. The van der Waals surface area contributed by atoms with E-state index < -0.39 is 33.8 Å². The second-order valence-electron chi connectivity index (χ2n) is 5.60. The molecule has 0 amide bonds. The van der Waals surface area contributed by atoms with Crippen molar-refractivity contribution in [2.24, 2.45) is 17.8 Å². The molecule has 0 aromatic rings. The lowest BCUT2D eigenvalue weighted by atomic mass is 9.89. The third-order valence-electron chi connectivity index (χ3n) is 3.73. The van der Waals surface area contributed by atoms with Gasteiger partial charge in [-0.1, -0.05) is 13.8 Å². The summed E-state index contributed by atoms with van der Waals surface area (Å²) in [6.07, 6.45) is 0.965. The Balaban J connectivity index is 2.04. The van der Waals surface area contributed by atoms with E-state index in [0.717, 1.165) is 0 Å². The fourth-order valence-corrected chi connectivity index (χ4v) is 4.26. The number of carbonyl (C=O) groups excluding carboxylic acids is 2. The lowest BCUT2D eigenvalue weighted by Gasteiger charge is -2.30. The summed E-state index contributed by atoms with van der Waals surface area (Å²) in [6.45, 7) is 4.31. The van der Waals surface area contributed by atoms with Gasteiger partial charge in [-0.2, -0.15) is 0 Å². The molecular weight excluding hydrogens is 270 g/mol. The molecule has 0 aromatic carbocycles. The maximum atomic E-state index is 12.2. The largest absolute Gasteiger partial charge is 0.393 e. The lowest BCUT2D eigenvalue weighted by Crippen LogP contribution is -2.45.